The molecular formula is C15H15BrN2O2S. The van der Waals surface area contributed by atoms with Gasteiger partial charge in [0.15, 0.2) is 5.13 Å². The van der Waals surface area contributed by atoms with Gasteiger partial charge in [-0.15, -0.1) is 17.9 Å². The van der Waals surface area contributed by atoms with Gasteiger partial charge >= 0.3 is 0 Å². The molecule has 1 aromatic carbocycles. The van der Waals surface area contributed by atoms with E-state index in [4.69, 9.17) is 4.74 Å². The molecule has 0 spiro atoms. The lowest BCUT2D eigenvalue weighted by atomic mass is 10.2. The Kier molecular flexibility index (Phi) is 5.67. The predicted octanol–water partition coefficient (Wildman–Crippen LogP) is 4.10. The number of hydrogen-bond donors (Lipinski definition) is 1. The number of nitrogens with one attached hydrogen (secondary N) is 1. The summed E-state index contributed by atoms with van der Waals surface area (Å²) >= 11 is 4.82. The van der Waals surface area contributed by atoms with Gasteiger partial charge in [0.25, 0.3) is 5.91 Å². The van der Waals surface area contributed by atoms with Crippen molar-refractivity contribution in [1.82, 2.24) is 4.98 Å². The summed E-state index contributed by atoms with van der Waals surface area (Å²) in [6.07, 6.45) is 1.07. The van der Waals surface area contributed by atoms with Crippen LogP contribution in [0.4, 0.5) is 5.13 Å². The Morgan fingerprint density at radius 1 is 1.62 bits per heavy atom. The average Bonchev–Trinajstić information content (AvgIpc) is 2.93. The average molecular weight is 367 g/mol. The molecule has 2 rings (SSSR count). The number of ether oxygens (including phenoxy) is 1. The standard InChI is InChI=1S/C15H15BrN2O2S/c1-3-7-20-10(2)14(19)18-15-17-13(9-21-15)11-5-4-6-12(16)8-11/h3-6,8-10H,1,7H2,2H3,(H,17,18,19). The van der Waals surface area contributed by atoms with E-state index in [1.54, 1.807) is 13.0 Å². The highest BCUT2D eigenvalue weighted by atomic mass is 79.9. The molecule has 4 nitrogen and oxygen atoms in total. The van der Waals surface area contributed by atoms with Crippen LogP contribution in [0.25, 0.3) is 11.3 Å². The topological polar surface area (TPSA) is 51.2 Å². The molecule has 0 aliphatic rings. The molecule has 6 heteroatoms. The summed E-state index contributed by atoms with van der Waals surface area (Å²) in [4.78, 5) is 16.3. The van der Waals surface area contributed by atoms with Crippen LogP contribution in [-0.2, 0) is 9.53 Å². The number of halogens is 1. The molecular weight excluding hydrogens is 352 g/mol. The molecule has 1 atom stereocenters. The number of carbonyl (C=O) groups is 1. The summed E-state index contributed by atoms with van der Waals surface area (Å²) in [5.74, 6) is -0.216. The van der Waals surface area contributed by atoms with Crippen molar-refractivity contribution in [1.29, 1.82) is 0 Å². The highest BCUT2D eigenvalue weighted by molar-refractivity contribution is 9.10. The highest BCUT2D eigenvalue weighted by Crippen LogP contribution is 2.26. The number of thiazole rings is 1. The van der Waals surface area contributed by atoms with Crippen LogP contribution in [0, 0.1) is 0 Å². The van der Waals surface area contributed by atoms with Gasteiger partial charge in [0.1, 0.15) is 6.10 Å². The van der Waals surface area contributed by atoms with Gasteiger partial charge < -0.3 is 4.74 Å². The lowest BCUT2D eigenvalue weighted by Crippen LogP contribution is -2.27. The Morgan fingerprint density at radius 2 is 2.43 bits per heavy atom. The zero-order chi connectivity index (χ0) is 15.2. The fraction of sp³-hybridized carbons (Fsp3) is 0.200. The van der Waals surface area contributed by atoms with Crippen LogP contribution in [0.5, 0.6) is 0 Å². The van der Waals surface area contributed by atoms with Crippen molar-refractivity contribution in [2.45, 2.75) is 13.0 Å². The van der Waals surface area contributed by atoms with Crippen LogP contribution >= 0.6 is 27.3 Å². The molecule has 1 aromatic heterocycles. The van der Waals surface area contributed by atoms with Crippen molar-refractivity contribution < 1.29 is 9.53 Å². The van der Waals surface area contributed by atoms with Gasteiger partial charge in [-0.3, -0.25) is 10.1 Å². The third-order valence-electron chi connectivity index (χ3n) is 2.69. The Balaban J connectivity index is 2.03. The van der Waals surface area contributed by atoms with E-state index in [1.807, 2.05) is 29.6 Å². The van der Waals surface area contributed by atoms with Gasteiger partial charge in [0.2, 0.25) is 0 Å². The molecule has 110 valence electrons. The van der Waals surface area contributed by atoms with E-state index in [1.165, 1.54) is 11.3 Å². The van der Waals surface area contributed by atoms with Crippen molar-refractivity contribution in [2.24, 2.45) is 0 Å². The minimum Gasteiger partial charge on any atom is -0.365 e. The van der Waals surface area contributed by atoms with Gasteiger partial charge in [-0.1, -0.05) is 34.1 Å². The van der Waals surface area contributed by atoms with Crippen molar-refractivity contribution in [3.63, 3.8) is 0 Å². The minimum absolute atomic E-state index is 0.216. The Bertz CT molecular complexity index is 642. The third kappa shape index (κ3) is 4.49. The van der Waals surface area contributed by atoms with Gasteiger partial charge in [-0.2, -0.15) is 0 Å². The maximum atomic E-state index is 11.9. The van der Waals surface area contributed by atoms with E-state index >= 15 is 0 Å². The maximum Gasteiger partial charge on any atom is 0.255 e. The van der Waals surface area contributed by atoms with E-state index in [0.717, 1.165) is 15.7 Å². The molecule has 1 unspecified atom stereocenters. The first kappa shape index (κ1) is 15.9. The first-order valence-electron chi connectivity index (χ1n) is 6.35. The number of rotatable bonds is 6. The first-order chi connectivity index (χ1) is 10.1. The third-order valence-corrected chi connectivity index (χ3v) is 3.94. The Hall–Kier alpha value is -1.50. The molecule has 0 bridgehead atoms. The maximum absolute atomic E-state index is 11.9. The molecule has 21 heavy (non-hydrogen) atoms. The predicted molar refractivity (Wildman–Crippen MR) is 89.5 cm³/mol. The molecule has 0 aliphatic carbocycles. The number of amides is 1. The zero-order valence-electron chi connectivity index (χ0n) is 11.5. The van der Waals surface area contributed by atoms with Crippen LogP contribution in [0.15, 0.2) is 46.8 Å². The van der Waals surface area contributed by atoms with E-state index in [-0.39, 0.29) is 5.91 Å². The molecule has 0 aliphatic heterocycles. The first-order valence-corrected chi connectivity index (χ1v) is 8.02. The van der Waals surface area contributed by atoms with Crippen molar-refractivity contribution >= 4 is 38.3 Å². The number of aromatic nitrogens is 1. The van der Waals surface area contributed by atoms with E-state index in [2.05, 4.69) is 32.8 Å². The number of hydrogen-bond acceptors (Lipinski definition) is 4. The van der Waals surface area contributed by atoms with E-state index in [9.17, 15) is 4.79 Å². The molecule has 0 fully saturated rings. The fourth-order valence-electron chi connectivity index (χ4n) is 1.61. The van der Waals surface area contributed by atoms with Crippen LogP contribution < -0.4 is 5.32 Å². The highest BCUT2D eigenvalue weighted by Gasteiger charge is 2.15. The SMILES string of the molecule is C=CCOC(C)C(=O)Nc1nc(-c2cccc(Br)c2)cs1. The van der Waals surface area contributed by atoms with Crippen molar-refractivity contribution in [3.05, 3.63) is 46.8 Å². The second-order valence-electron chi connectivity index (χ2n) is 4.30. The number of benzene rings is 1. The Labute approximate surface area is 136 Å². The molecule has 1 amide bonds. The second kappa shape index (κ2) is 7.49. The number of carbonyl (C=O) groups excluding carboxylic acids is 1. The van der Waals surface area contributed by atoms with E-state index in [0.29, 0.717) is 11.7 Å². The van der Waals surface area contributed by atoms with Crippen LogP contribution in [0.2, 0.25) is 0 Å². The summed E-state index contributed by atoms with van der Waals surface area (Å²) in [6.45, 7) is 5.59. The molecule has 0 radical (unpaired) electrons. The lowest BCUT2D eigenvalue weighted by molar-refractivity contribution is -0.125. The summed E-state index contributed by atoms with van der Waals surface area (Å²) in [7, 11) is 0. The van der Waals surface area contributed by atoms with Crippen LogP contribution in [0.3, 0.4) is 0 Å². The Morgan fingerprint density at radius 3 is 3.14 bits per heavy atom. The van der Waals surface area contributed by atoms with Gasteiger partial charge in [-0.25, -0.2) is 4.98 Å². The van der Waals surface area contributed by atoms with Gasteiger partial charge in [-0.05, 0) is 19.1 Å². The molecule has 1 N–H and O–H groups in total. The summed E-state index contributed by atoms with van der Waals surface area (Å²) in [5, 5.41) is 5.22. The number of nitrogens with zero attached hydrogens (tertiary/aromatic N) is 1. The van der Waals surface area contributed by atoms with E-state index < -0.39 is 6.10 Å². The monoisotopic (exact) mass is 366 g/mol. The molecule has 0 saturated heterocycles. The zero-order valence-corrected chi connectivity index (χ0v) is 13.9. The minimum atomic E-state index is -0.541. The molecule has 0 saturated carbocycles. The molecule has 1 heterocycles. The van der Waals surface area contributed by atoms with Gasteiger partial charge in [0, 0.05) is 15.4 Å². The van der Waals surface area contributed by atoms with Crippen LogP contribution in [0.1, 0.15) is 6.92 Å². The van der Waals surface area contributed by atoms with Crippen molar-refractivity contribution in [3.8, 4) is 11.3 Å². The van der Waals surface area contributed by atoms with Gasteiger partial charge in [0.05, 0.1) is 12.3 Å². The molecule has 2 aromatic rings. The second-order valence-corrected chi connectivity index (χ2v) is 6.08. The summed E-state index contributed by atoms with van der Waals surface area (Å²) < 4.78 is 6.26. The summed E-state index contributed by atoms with van der Waals surface area (Å²) in [5.41, 5.74) is 1.83. The fourth-order valence-corrected chi connectivity index (χ4v) is 2.73. The van der Waals surface area contributed by atoms with Crippen molar-refractivity contribution in [2.75, 3.05) is 11.9 Å². The summed E-state index contributed by atoms with van der Waals surface area (Å²) in [6, 6.07) is 7.86. The normalized spacial score (nSPS) is 11.9. The number of anilines is 1. The van der Waals surface area contributed by atoms with Crippen LogP contribution in [-0.4, -0.2) is 23.6 Å². The lowest BCUT2D eigenvalue weighted by Gasteiger charge is -2.10. The smallest absolute Gasteiger partial charge is 0.255 e. The quantitative estimate of drug-likeness (QED) is 0.782. The largest absolute Gasteiger partial charge is 0.365 e.